The first-order valence-corrected chi connectivity index (χ1v) is 5.80. The molecule has 4 nitrogen and oxygen atoms in total. The van der Waals surface area contributed by atoms with Gasteiger partial charge in [0.1, 0.15) is 5.75 Å². The Morgan fingerprint density at radius 1 is 1.22 bits per heavy atom. The molecule has 0 saturated heterocycles. The van der Waals surface area contributed by atoms with Crippen LogP contribution in [0.2, 0.25) is 0 Å². The normalized spacial score (nSPS) is 10.3. The van der Waals surface area contributed by atoms with Crippen LogP contribution in [0.1, 0.15) is 6.42 Å². The fourth-order valence-corrected chi connectivity index (χ4v) is 1.75. The SMILES string of the molecule is CN(N)C(=O)CCOc1cccc2ccccc12. The van der Waals surface area contributed by atoms with E-state index in [0.29, 0.717) is 6.61 Å². The molecule has 0 spiro atoms. The summed E-state index contributed by atoms with van der Waals surface area (Å²) in [4.78, 5) is 11.3. The lowest BCUT2D eigenvalue weighted by Crippen LogP contribution is -2.33. The number of hydrogen-bond acceptors (Lipinski definition) is 3. The van der Waals surface area contributed by atoms with E-state index in [4.69, 9.17) is 10.6 Å². The Morgan fingerprint density at radius 3 is 2.72 bits per heavy atom. The second-order valence-corrected chi connectivity index (χ2v) is 4.08. The lowest BCUT2D eigenvalue weighted by molar-refractivity contribution is -0.130. The first kappa shape index (κ1) is 12.4. The lowest BCUT2D eigenvalue weighted by Gasteiger charge is -2.11. The molecule has 4 heteroatoms. The van der Waals surface area contributed by atoms with Crippen molar-refractivity contribution in [3.05, 3.63) is 42.5 Å². The van der Waals surface area contributed by atoms with Gasteiger partial charge in [-0.2, -0.15) is 0 Å². The van der Waals surface area contributed by atoms with Gasteiger partial charge in [-0.3, -0.25) is 9.80 Å². The van der Waals surface area contributed by atoms with Crippen LogP contribution in [0.4, 0.5) is 0 Å². The summed E-state index contributed by atoms with van der Waals surface area (Å²) in [5, 5.41) is 3.25. The molecule has 94 valence electrons. The van der Waals surface area contributed by atoms with Crippen molar-refractivity contribution in [3.63, 3.8) is 0 Å². The van der Waals surface area contributed by atoms with E-state index in [1.165, 1.54) is 7.05 Å². The van der Waals surface area contributed by atoms with Crippen LogP contribution < -0.4 is 10.6 Å². The van der Waals surface area contributed by atoms with Gasteiger partial charge in [0.25, 0.3) is 0 Å². The van der Waals surface area contributed by atoms with Gasteiger partial charge in [-0.25, -0.2) is 5.84 Å². The van der Waals surface area contributed by atoms with Gasteiger partial charge < -0.3 is 4.74 Å². The summed E-state index contributed by atoms with van der Waals surface area (Å²) in [5.41, 5.74) is 0. The van der Waals surface area contributed by atoms with Gasteiger partial charge in [0.15, 0.2) is 0 Å². The largest absolute Gasteiger partial charge is 0.492 e. The molecular formula is C14H16N2O2. The minimum Gasteiger partial charge on any atom is -0.492 e. The van der Waals surface area contributed by atoms with E-state index >= 15 is 0 Å². The number of hydrogen-bond donors (Lipinski definition) is 1. The third-order valence-corrected chi connectivity index (χ3v) is 2.72. The zero-order valence-electron chi connectivity index (χ0n) is 10.3. The molecule has 2 rings (SSSR count). The van der Waals surface area contributed by atoms with E-state index < -0.39 is 0 Å². The lowest BCUT2D eigenvalue weighted by atomic mass is 10.1. The zero-order chi connectivity index (χ0) is 13.0. The van der Waals surface area contributed by atoms with Crippen molar-refractivity contribution < 1.29 is 9.53 Å². The molecule has 0 saturated carbocycles. The van der Waals surface area contributed by atoms with E-state index in [2.05, 4.69) is 0 Å². The second-order valence-electron chi connectivity index (χ2n) is 4.08. The van der Waals surface area contributed by atoms with Crippen molar-refractivity contribution in [2.75, 3.05) is 13.7 Å². The molecule has 0 bridgehead atoms. The Balaban J connectivity index is 2.06. The quantitative estimate of drug-likeness (QED) is 0.508. The molecule has 0 aliphatic rings. The summed E-state index contributed by atoms with van der Waals surface area (Å²) in [6, 6.07) is 13.9. The van der Waals surface area contributed by atoms with Crippen LogP contribution in [0, 0.1) is 0 Å². The molecule has 0 atom stereocenters. The van der Waals surface area contributed by atoms with Crippen LogP contribution in [0.3, 0.4) is 0 Å². The first-order chi connectivity index (χ1) is 8.68. The summed E-state index contributed by atoms with van der Waals surface area (Å²) < 4.78 is 5.64. The Hall–Kier alpha value is -2.07. The van der Waals surface area contributed by atoms with Crippen LogP contribution in [0.25, 0.3) is 10.8 Å². The molecular weight excluding hydrogens is 228 g/mol. The van der Waals surface area contributed by atoms with Gasteiger partial charge in [-0.1, -0.05) is 36.4 Å². The summed E-state index contributed by atoms with van der Waals surface area (Å²) in [6.45, 7) is 0.328. The highest BCUT2D eigenvalue weighted by molar-refractivity contribution is 5.88. The molecule has 0 aliphatic carbocycles. The predicted molar refractivity (Wildman–Crippen MR) is 71.0 cm³/mol. The maximum Gasteiger partial charge on any atom is 0.239 e. The van der Waals surface area contributed by atoms with Crippen molar-refractivity contribution in [2.24, 2.45) is 5.84 Å². The van der Waals surface area contributed by atoms with Crippen molar-refractivity contribution in [3.8, 4) is 5.75 Å². The monoisotopic (exact) mass is 244 g/mol. The number of benzene rings is 2. The topological polar surface area (TPSA) is 55.6 Å². The van der Waals surface area contributed by atoms with Gasteiger partial charge >= 0.3 is 0 Å². The highest BCUT2D eigenvalue weighted by Gasteiger charge is 2.06. The number of ether oxygens (including phenoxy) is 1. The van der Waals surface area contributed by atoms with E-state index in [9.17, 15) is 4.79 Å². The molecule has 2 N–H and O–H groups in total. The third-order valence-electron chi connectivity index (χ3n) is 2.72. The molecule has 0 unspecified atom stereocenters. The van der Waals surface area contributed by atoms with Crippen LogP contribution in [-0.4, -0.2) is 24.6 Å². The Morgan fingerprint density at radius 2 is 1.94 bits per heavy atom. The fraction of sp³-hybridized carbons (Fsp3) is 0.214. The van der Waals surface area contributed by atoms with Crippen LogP contribution >= 0.6 is 0 Å². The van der Waals surface area contributed by atoms with Gasteiger partial charge in [0.2, 0.25) is 5.91 Å². The molecule has 0 aliphatic heterocycles. The van der Waals surface area contributed by atoms with Crippen LogP contribution in [0.5, 0.6) is 5.75 Å². The number of amides is 1. The standard InChI is InChI=1S/C14H16N2O2/c1-16(15)14(17)9-10-18-13-8-4-6-11-5-2-3-7-12(11)13/h2-8H,9-10,15H2,1H3. The van der Waals surface area contributed by atoms with Crippen molar-refractivity contribution in [2.45, 2.75) is 6.42 Å². The molecule has 2 aromatic rings. The first-order valence-electron chi connectivity index (χ1n) is 5.80. The second kappa shape index (κ2) is 5.51. The molecule has 0 fully saturated rings. The van der Waals surface area contributed by atoms with Crippen molar-refractivity contribution in [1.29, 1.82) is 0 Å². The Labute approximate surface area is 106 Å². The minimum absolute atomic E-state index is 0.143. The number of nitrogens with zero attached hydrogens (tertiary/aromatic N) is 1. The van der Waals surface area contributed by atoms with E-state index in [1.54, 1.807) is 0 Å². The average molecular weight is 244 g/mol. The number of rotatable bonds is 4. The van der Waals surface area contributed by atoms with Gasteiger partial charge in [-0.15, -0.1) is 0 Å². The highest BCUT2D eigenvalue weighted by atomic mass is 16.5. The van der Waals surface area contributed by atoms with E-state index in [1.807, 2.05) is 42.5 Å². The Kier molecular flexibility index (Phi) is 3.79. The molecule has 0 aromatic heterocycles. The van der Waals surface area contributed by atoms with Crippen molar-refractivity contribution >= 4 is 16.7 Å². The van der Waals surface area contributed by atoms with Gasteiger partial charge in [0.05, 0.1) is 13.0 Å². The van der Waals surface area contributed by atoms with Crippen LogP contribution in [0.15, 0.2) is 42.5 Å². The predicted octanol–water partition coefficient (Wildman–Crippen LogP) is 1.94. The molecule has 1 amide bonds. The molecule has 0 radical (unpaired) electrons. The molecule has 18 heavy (non-hydrogen) atoms. The molecule has 0 heterocycles. The zero-order valence-corrected chi connectivity index (χ0v) is 10.3. The summed E-state index contributed by atoms with van der Waals surface area (Å²) in [5.74, 6) is 5.98. The van der Waals surface area contributed by atoms with E-state index in [-0.39, 0.29) is 12.3 Å². The maximum absolute atomic E-state index is 11.3. The van der Waals surface area contributed by atoms with Crippen molar-refractivity contribution in [1.82, 2.24) is 5.01 Å². The number of nitrogens with two attached hydrogens (primary N) is 1. The number of hydrazine groups is 1. The average Bonchev–Trinajstić information content (AvgIpc) is 2.38. The maximum atomic E-state index is 11.3. The fourth-order valence-electron chi connectivity index (χ4n) is 1.75. The minimum atomic E-state index is -0.143. The third kappa shape index (κ3) is 2.78. The number of carbonyl (C=O) groups is 1. The van der Waals surface area contributed by atoms with E-state index in [0.717, 1.165) is 21.5 Å². The Bertz CT molecular complexity index is 547. The summed E-state index contributed by atoms with van der Waals surface area (Å²) >= 11 is 0. The molecule has 2 aromatic carbocycles. The number of fused-ring (bicyclic) bond motifs is 1. The number of carbonyl (C=O) groups excluding carboxylic acids is 1. The van der Waals surface area contributed by atoms with Gasteiger partial charge in [-0.05, 0) is 11.5 Å². The highest BCUT2D eigenvalue weighted by Crippen LogP contribution is 2.25. The van der Waals surface area contributed by atoms with Crippen LogP contribution in [-0.2, 0) is 4.79 Å². The van der Waals surface area contributed by atoms with Gasteiger partial charge in [0, 0.05) is 12.4 Å². The summed E-state index contributed by atoms with van der Waals surface area (Å²) in [6.07, 6.45) is 0.274. The summed E-state index contributed by atoms with van der Waals surface area (Å²) in [7, 11) is 1.53. The smallest absolute Gasteiger partial charge is 0.239 e.